The van der Waals surface area contributed by atoms with E-state index in [9.17, 15) is 23.5 Å². The van der Waals surface area contributed by atoms with Gasteiger partial charge in [-0.25, -0.2) is 8.78 Å². The lowest BCUT2D eigenvalue weighted by molar-refractivity contribution is 0.0760. The predicted molar refractivity (Wildman–Crippen MR) is 139 cm³/mol. The van der Waals surface area contributed by atoms with Gasteiger partial charge < -0.3 is 24.5 Å². The number of halogens is 3. The molecule has 0 spiro atoms. The zero-order chi connectivity index (χ0) is 29.7. The fourth-order valence-corrected chi connectivity index (χ4v) is 4.93. The van der Waals surface area contributed by atoms with Gasteiger partial charge in [0.1, 0.15) is 35.0 Å². The number of nitrogens with zero attached hydrogens (tertiary/aromatic N) is 3. The summed E-state index contributed by atoms with van der Waals surface area (Å²) in [5.41, 5.74) is -1.92. The molecule has 5 heterocycles. The smallest absolute Gasteiger partial charge is 0.273 e. The van der Waals surface area contributed by atoms with E-state index in [1.165, 1.54) is 29.0 Å². The molecule has 0 unspecified atom stereocenters. The van der Waals surface area contributed by atoms with Crippen LogP contribution in [0.5, 0.6) is 5.75 Å². The van der Waals surface area contributed by atoms with Gasteiger partial charge in [0, 0.05) is 48.6 Å². The lowest BCUT2D eigenvalue weighted by atomic mass is 9.97. The number of nitrogens with one attached hydrogen (secondary N) is 1. The van der Waals surface area contributed by atoms with Gasteiger partial charge in [0.05, 0.1) is 33.8 Å². The van der Waals surface area contributed by atoms with E-state index < -0.39 is 57.8 Å². The highest BCUT2D eigenvalue weighted by molar-refractivity contribution is 6.31. The Balaban J connectivity index is 1.54. The molecular formula is C27H27ClF2N4O5. The number of aromatic nitrogens is 3. The fraction of sp³-hybridized carbons (Fsp3) is 0.370. The molecule has 2 aliphatic rings. The van der Waals surface area contributed by atoms with Crippen molar-refractivity contribution in [2.24, 2.45) is 0 Å². The van der Waals surface area contributed by atoms with E-state index in [4.69, 9.17) is 23.8 Å². The van der Waals surface area contributed by atoms with Gasteiger partial charge in [0.15, 0.2) is 5.82 Å². The molecule has 39 heavy (non-hydrogen) atoms. The second-order valence-corrected chi connectivity index (χ2v) is 10.2. The van der Waals surface area contributed by atoms with E-state index in [0.717, 1.165) is 0 Å². The summed E-state index contributed by atoms with van der Waals surface area (Å²) in [6.07, 6.45) is 3.81. The highest BCUT2D eigenvalue weighted by Crippen LogP contribution is 2.34. The number of hydrogen-bond donors (Lipinski definition) is 2. The van der Waals surface area contributed by atoms with E-state index in [2.05, 4.69) is 10.3 Å². The van der Waals surface area contributed by atoms with Crippen molar-refractivity contribution in [1.29, 1.82) is 0 Å². The van der Waals surface area contributed by atoms with Crippen LogP contribution in [0.4, 0.5) is 8.78 Å². The van der Waals surface area contributed by atoms with Gasteiger partial charge in [-0.1, -0.05) is 11.6 Å². The maximum absolute atomic E-state index is 14.3. The maximum Gasteiger partial charge on any atom is 0.273 e. The molecular weight excluding hydrogens is 534 g/mol. The molecule has 3 aromatic heterocycles. The van der Waals surface area contributed by atoms with Crippen LogP contribution in [-0.2, 0) is 23.3 Å². The first kappa shape index (κ1) is 24.5. The summed E-state index contributed by atoms with van der Waals surface area (Å²) < 4.78 is 58.1. The Morgan fingerprint density at radius 2 is 2.13 bits per heavy atom. The van der Waals surface area contributed by atoms with Crippen molar-refractivity contribution in [1.82, 2.24) is 19.4 Å². The van der Waals surface area contributed by atoms with Crippen molar-refractivity contribution >= 4 is 11.6 Å². The second kappa shape index (κ2) is 10.6. The fourth-order valence-electron chi connectivity index (χ4n) is 4.75. The minimum Gasteiger partial charge on any atom is -0.485 e. The average Bonchev–Trinajstić information content (AvgIpc) is 2.87. The lowest BCUT2D eigenvalue weighted by Gasteiger charge is -2.36. The molecule has 0 radical (unpaired) electrons. The minimum absolute atomic E-state index is 0.210. The van der Waals surface area contributed by atoms with Crippen LogP contribution >= 0.6 is 11.6 Å². The Hall–Kier alpha value is -3.54. The van der Waals surface area contributed by atoms with Crippen molar-refractivity contribution in [3.8, 4) is 5.75 Å². The van der Waals surface area contributed by atoms with Crippen LogP contribution in [0.2, 0.25) is 5.02 Å². The number of aliphatic hydroxyl groups is 1. The van der Waals surface area contributed by atoms with Crippen LogP contribution in [0, 0.1) is 11.6 Å². The summed E-state index contributed by atoms with van der Waals surface area (Å²) in [6.45, 7) is 0.591. The summed E-state index contributed by atoms with van der Waals surface area (Å²) >= 11 is 6.42. The lowest BCUT2D eigenvalue weighted by Crippen LogP contribution is -2.43. The van der Waals surface area contributed by atoms with Crippen molar-refractivity contribution in [2.45, 2.75) is 51.1 Å². The molecule has 2 atom stereocenters. The third-order valence-corrected chi connectivity index (χ3v) is 7.03. The second-order valence-electron chi connectivity index (χ2n) is 9.83. The van der Waals surface area contributed by atoms with Gasteiger partial charge >= 0.3 is 0 Å². The normalized spacial score (nSPS) is 20.3. The Labute approximate surface area is 230 Å². The van der Waals surface area contributed by atoms with Gasteiger partial charge in [-0.15, -0.1) is 0 Å². The average molecular weight is 563 g/mol. The van der Waals surface area contributed by atoms with Crippen LogP contribution in [0.15, 0.2) is 58.0 Å². The van der Waals surface area contributed by atoms with E-state index >= 15 is 0 Å². The predicted octanol–water partition coefficient (Wildman–Crippen LogP) is 3.33. The van der Waals surface area contributed by atoms with E-state index in [-0.39, 0.29) is 37.4 Å². The molecule has 0 aliphatic carbocycles. The van der Waals surface area contributed by atoms with E-state index in [1.54, 1.807) is 24.5 Å². The molecule has 0 saturated carbocycles. The first-order chi connectivity index (χ1) is 19.3. The Kier molecular flexibility index (Phi) is 6.63. The maximum atomic E-state index is 14.3. The molecule has 3 aromatic rings. The summed E-state index contributed by atoms with van der Waals surface area (Å²) in [4.78, 5) is 30.4. The Morgan fingerprint density at radius 1 is 1.33 bits per heavy atom. The van der Waals surface area contributed by atoms with Gasteiger partial charge in [0.25, 0.3) is 11.1 Å². The van der Waals surface area contributed by atoms with Gasteiger partial charge in [-0.3, -0.25) is 19.1 Å². The van der Waals surface area contributed by atoms with Crippen LogP contribution in [0.3, 0.4) is 0 Å². The standard InChI is InChI=1S/C27H27ClF2N4O5/c1-27(2,37)18-4-3-6-33(25(18)35)23-10-21-15(11-32-23)13-38-7-5-17-9-22(24(28)26(36)34(17)21)39-14-20-19(30)8-16(29)12-31-20/h3-4,6,8-9,11-12,21,23,32,37H,5,7,10,13-14H2,1-2H3/t21-,23+/m1/s1/i14D2. The number of pyridine rings is 3. The molecule has 0 aromatic carbocycles. The number of hydrogen-bond acceptors (Lipinski definition) is 7. The molecule has 0 amide bonds. The molecule has 0 fully saturated rings. The molecule has 12 heteroatoms. The number of ether oxygens (including phenoxy) is 2. The number of fused-ring (bicyclic) bond motifs is 3. The van der Waals surface area contributed by atoms with Crippen molar-refractivity contribution < 1.29 is 26.1 Å². The third kappa shape index (κ3) is 5.34. The summed E-state index contributed by atoms with van der Waals surface area (Å²) in [5.74, 6) is -2.59. The Morgan fingerprint density at radius 3 is 2.87 bits per heavy atom. The molecule has 5 rings (SSSR count). The third-order valence-electron chi connectivity index (χ3n) is 6.68. The first-order valence-corrected chi connectivity index (χ1v) is 12.6. The van der Waals surface area contributed by atoms with Crippen LogP contribution in [-0.4, -0.2) is 32.4 Å². The van der Waals surface area contributed by atoms with Crippen LogP contribution in [0.1, 0.15) is 52.2 Å². The molecule has 0 bridgehead atoms. The summed E-state index contributed by atoms with van der Waals surface area (Å²) in [7, 11) is 0. The van der Waals surface area contributed by atoms with E-state index in [1.807, 2.05) is 0 Å². The molecule has 2 aliphatic heterocycles. The van der Waals surface area contributed by atoms with Gasteiger partial charge in [-0.05, 0) is 31.6 Å². The minimum atomic E-state index is -2.89. The summed E-state index contributed by atoms with van der Waals surface area (Å²) in [5, 5.41) is 13.2. The zero-order valence-electron chi connectivity index (χ0n) is 23.1. The van der Waals surface area contributed by atoms with Gasteiger partial charge in [0.2, 0.25) is 0 Å². The quantitative estimate of drug-likeness (QED) is 0.491. The summed E-state index contributed by atoms with van der Waals surface area (Å²) in [6, 6.07) is 4.47. The monoisotopic (exact) mass is 562 g/mol. The SMILES string of the molecule is [2H]C([2H])(Oc1cc2n(c(=O)c1Cl)[C@@H]1C[C@H](n3cccc(C(C)(C)O)c3=O)NC=C1COCC2)c1ncc(F)cc1F. The van der Waals surface area contributed by atoms with Crippen LogP contribution in [0.25, 0.3) is 0 Å². The van der Waals surface area contributed by atoms with Crippen LogP contribution < -0.4 is 21.2 Å². The highest BCUT2D eigenvalue weighted by Gasteiger charge is 2.32. The zero-order valence-corrected chi connectivity index (χ0v) is 21.8. The number of rotatable bonds is 5. The van der Waals surface area contributed by atoms with Crippen molar-refractivity contribution in [3.05, 3.63) is 103 Å². The highest BCUT2D eigenvalue weighted by atomic mass is 35.5. The topological polar surface area (TPSA) is 108 Å². The molecule has 206 valence electrons. The van der Waals surface area contributed by atoms with Gasteiger partial charge in [-0.2, -0.15) is 0 Å². The molecule has 2 N–H and O–H groups in total. The largest absolute Gasteiger partial charge is 0.485 e. The van der Waals surface area contributed by atoms with Crippen molar-refractivity contribution in [3.63, 3.8) is 0 Å². The first-order valence-electron chi connectivity index (χ1n) is 13.2. The van der Waals surface area contributed by atoms with Crippen molar-refractivity contribution in [2.75, 3.05) is 13.2 Å². The molecule has 0 saturated heterocycles. The van der Waals surface area contributed by atoms with E-state index in [0.29, 0.717) is 23.5 Å². The molecule has 9 nitrogen and oxygen atoms in total. The Bertz CT molecular complexity index is 1650.